The summed E-state index contributed by atoms with van der Waals surface area (Å²) in [5.74, 6) is 9.24. The minimum absolute atomic E-state index is 0.211. The van der Waals surface area contributed by atoms with Crippen LogP contribution >= 0.6 is 0 Å². The van der Waals surface area contributed by atoms with Crippen LogP contribution in [0.5, 0.6) is 11.5 Å². The van der Waals surface area contributed by atoms with Gasteiger partial charge < -0.3 is 28.4 Å². The molecule has 8 saturated carbocycles. The Balaban J connectivity index is 1.03. The van der Waals surface area contributed by atoms with E-state index in [1.165, 1.54) is 98.9 Å². The Kier molecular flexibility index (Phi) is 6.72. The van der Waals surface area contributed by atoms with Gasteiger partial charge in [-0.3, -0.25) is 0 Å². The zero-order chi connectivity index (χ0) is 30.3. The highest BCUT2D eigenvalue weighted by Crippen LogP contribution is 2.64. The highest BCUT2D eigenvalue weighted by Gasteiger charge is 2.54. The molecule has 0 amide bonds. The van der Waals surface area contributed by atoms with Crippen LogP contribution in [-0.4, -0.2) is 39.6 Å². The van der Waals surface area contributed by atoms with Gasteiger partial charge in [0.05, 0.1) is 13.2 Å². The van der Waals surface area contributed by atoms with Crippen molar-refractivity contribution in [1.29, 1.82) is 0 Å². The third kappa shape index (κ3) is 5.23. The summed E-state index contributed by atoms with van der Waals surface area (Å²) < 4.78 is 35.4. The van der Waals surface area contributed by atoms with E-state index in [2.05, 4.69) is 24.3 Å². The van der Waals surface area contributed by atoms with Crippen molar-refractivity contribution in [2.24, 2.45) is 35.5 Å². The fourth-order valence-corrected chi connectivity index (χ4v) is 12.2. The topological polar surface area (TPSA) is 62.0 Å². The minimum atomic E-state index is 0.211. The number of fused-ring (bicyclic) bond motifs is 1. The molecular formula is C40H48O6. The number of hydrogen-bond acceptors (Lipinski definition) is 6. The Hall–Kier alpha value is -2.70. The molecule has 2 heterocycles. The number of ether oxygens (including phenoxy) is 6. The summed E-state index contributed by atoms with van der Waals surface area (Å²) in [6, 6.07) is 9.88. The number of hydrogen-bond donors (Lipinski definition) is 0. The van der Waals surface area contributed by atoms with Gasteiger partial charge in [-0.15, -0.1) is 0 Å². The monoisotopic (exact) mass is 624 g/mol. The van der Waals surface area contributed by atoms with Crippen molar-refractivity contribution in [3.05, 3.63) is 59.4 Å². The first-order valence-corrected chi connectivity index (χ1v) is 18.3. The molecule has 244 valence electrons. The van der Waals surface area contributed by atoms with Gasteiger partial charge in [-0.1, -0.05) is 6.07 Å². The van der Waals surface area contributed by atoms with E-state index in [9.17, 15) is 0 Å². The molecule has 0 atom stereocenters. The molecule has 12 rings (SSSR count). The van der Waals surface area contributed by atoms with Gasteiger partial charge in [-0.25, -0.2) is 0 Å². The van der Waals surface area contributed by atoms with E-state index in [0.29, 0.717) is 45.1 Å². The van der Waals surface area contributed by atoms with Gasteiger partial charge in [0.2, 0.25) is 0 Å². The number of benzene rings is 2. The molecule has 2 aliphatic heterocycles. The highest BCUT2D eigenvalue weighted by molar-refractivity contribution is 5.92. The predicted molar refractivity (Wildman–Crippen MR) is 175 cm³/mol. The summed E-state index contributed by atoms with van der Waals surface area (Å²) in [7, 11) is 0. The maximum atomic E-state index is 6.74. The zero-order valence-corrected chi connectivity index (χ0v) is 27.1. The lowest BCUT2D eigenvalue weighted by molar-refractivity contribution is -0.00667. The lowest BCUT2D eigenvalue weighted by Gasteiger charge is -2.57. The first-order valence-electron chi connectivity index (χ1n) is 18.3. The second-order valence-corrected chi connectivity index (χ2v) is 16.6. The van der Waals surface area contributed by atoms with E-state index >= 15 is 0 Å². The molecule has 8 fully saturated rings. The second-order valence-electron chi connectivity index (χ2n) is 16.6. The molecule has 0 radical (unpaired) electrons. The van der Waals surface area contributed by atoms with Crippen molar-refractivity contribution in [3.8, 4) is 11.5 Å². The maximum Gasteiger partial charge on any atom is 0.164 e. The van der Waals surface area contributed by atoms with Gasteiger partial charge in [0.1, 0.15) is 50.5 Å². The third-order valence-electron chi connectivity index (χ3n) is 13.3. The molecule has 0 unspecified atom stereocenters. The molecule has 6 nitrogen and oxygen atoms in total. The third-order valence-corrected chi connectivity index (χ3v) is 13.3. The molecule has 8 aliphatic carbocycles. The predicted octanol–water partition coefficient (Wildman–Crippen LogP) is 8.31. The minimum Gasteiger partial charge on any atom is -0.491 e. The van der Waals surface area contributed by atoms with Crippen LogP contribution in [0, 0.1) is 35.5 Å². The van der Waals surface area contributed by atoms with Crippen molar-refractivity contribution in [2.45, 2.75) is 87.9 Å². The van der Waals surface area contributed by atoms with Crippen LogP contribution in [0.3, 0.4) is 0 Å². The fourth-order valence-electron chi connectivity index (χ4n) is 12.2. The molecule has 0 spiro atoms. The Morgan fingerprint density at radius 3 is 1.52 bits per heavy atom. The smallest absolute Gasteiger partial charge is 0.164 e. The van der Waals surface area contributed by atoms with Crippen molar-refractivity contribution in [1.82, 2.24) is 0 Å². The Labute approximate surface area is 272 Å². The molecule has 0 N–H and O–H groups in total. The summed E-state index contributed by atoms with van der Waals surface area (Å²) in [6.45, 7) is 3.26. The quantitative estimate of drug-likeness (QED) is 0.197. The van der Waals surface area contributed by atoms with Crippen LogP contribution in [0.1, 0.15) is 88.2 Å². The highest BCUT2D eigenvalue weighted by atomic mass is 16.6. The average molecular weight is 625 g/mol. The van der Waals surface area contributed by atoms with Gasteiger partial charge in [0.15, 0.2) is 11.5 Å². The molecule has 10 aliphatic rings. The number of rotatable bonds is 14. The first-order chi connectivity index (χ1) is 22.6. The summed E-state index contributed by atoms with van der Waals surface area (Å²) in [4.78, 5) is 0. The second kappa shape index (κ2) is 10.9. The maximum absolute atomic E-state index is 6.74. The molecule has 0 saturated heterocycles. The average Bonchev–Trinajstić information content (AvgIpc) is 3.95. The Morgan fingerprint density at radius 2 is 1.02 bits per heavy atom. The SMILES string of the molecule is C1=C(COCCOc2cc3cc(C45CC6CC(CC(C6)C4)C5)cc(OCCOCC4=CO4)c3cc2C23CC4CC(CC(C4)C2)C3)O1. The van der Waals surface area contributed by atoms with Gasteiger partial charge in [-0.2, -0.15) is 0 Å². The summed E-state index contributed by atoms with van der Waals surface area (Å²) in [5.41, 5.74) is 3.43. The van der Waals surface area contributed by atoms with Crippen molar-refractivity contribution in [3.63, 3.8) is 0 Å². The summed E-state index contributed by atoms with van der Waals surface area (Å²) in [5, 5.41) is 2.51. The van der Waals surface area contributed by atoms with E-state index in [1.54, 1.807) is 12.5 Å². The molecule has 0 aromatic heterocycles. The van der Waals surface area contributed by atoms with Crippen LogP contribution in [0.4, 0.5) is 0 Å². The summed E-state index contributed by atoms with van der Waals surface area (Å²) in [6.07, 6.45) is 20.1. The van der Waals surface area contributed by atoms with Crippen LogP contribution in [0.25, 0.3) is 10.8 Å². The van der Waals surface area contributed by atoms with Crippen LogP contribution in [0.15, 0.2) is 48.3 Å². The van der Waals surface area contributed by atoms with E-state index in [-0.39, 0.29) is 5.41 Å². The Bertz CT molecular complexity index is 1520. The van der Waals surface area contributed by atoms with Gasteiger partial charge in [0, 0.05) is 10.9 Å². The van der Waals surface area contributed by atoms with Gasteiger partial charge in [0.25, 0.3) is 0 Å². The molecular weight excluding hydrogens is 576 g/mol. The van der Waals surface area contributed by atoms with E-state index < -0.39 is 0 Å². The van der Waals surface area contributed by atoms with Crippen molar-refractivity contribution < 1.29 is 28.4 Å². The zero-order valence-electron chi connectivity index (χ0n) is 27.1. The summed E-state index contributed by atoms with van der Waals surface area (Å²) >= 11 is 0. The van der Waals surface area contributed by atoms with E-state index in [1.807, 2.05) is 0 Å². The molecule has 2 aromatic rings. The molecule has 6 heteroatoms. The molecule has 2 aromatic carbocycles. The van der Waals surface area contributed by atoms with Gasteiger partial charge in [-0.05, 0) is 153 Å². The van der Waals surface area contributed by atoms with Crippen molar-refractivity contribution in [2.75, 3.05) is 39.6 Å². The van der Waals surface area contributed by atoms with Crippen molar-refractivity contribution >= 4 is 10.8 Å². The Morgan fingerprint density at radius 1 is 0.543 bits per heavy atom. The first kappa shape index (κ1) is 28.3. The fraction of sp³-hybridized carbons (Fsp3) is 0.650. The van der Waals surface area contributed by atoms with Crippen LogP contribution in [0.2, 0.25) is 0 Å². The van der Waals surface area contributed by atoms with E-state index in [4.69, 9.17) is 28.4 Å². The standard InChI is InChI=1S/C40H48O6/c1(41-21-33-23-45-33)3-43-37-13-32(39-15-25-5-26(16-39)7-27(6-25)17-39)11-31-12-38(44-4-2-42-22-34-24-46-34)36(14-35(31)37)40-18-28-8-29(19-40)10-30(9-28)20-40/h11-14,23-30H,1-10,15-22H2. The van der Waals surface area contributed by atoms with Gasteiger partial charge >= 0.3 is 0 Å². The largest absolute Gasteiger partial charge is 0.491 e. The molecule has 8 bridgehead atoms. The van der Waals surface area contributed by atoms with Crippen LogP contribution < -0.4 is 9.47 Å². The lowest BCUT2D eigenvalue weighted by Crippen LogP contribution is -2.48. The normalized spacial score (nSPS) is 37.1. The molecule has 46 heavy (non-hydrogen) atoms. The van der Waals surface area contributed by atoms with E-state index in [0.717, 1.165) is 58.5 Å². The lowest BCUT2D eigenvalue weighted by atomic mass is 9.47. The van der Waals surface area contributed by atoms with Crippen LogP contribution in [-0.2, 0) is 29.8 Å².